The quantitative estimate of drug-likeness (QED) is 0.835. The molecule has 1 aromatic carbocycles. The van der Waals surface area contributed by atoms with Crippen molar-refractivity contribution in [1.82, 2.24) is 19.4 Å². The molecule has 0 bridgehead atoms. The van der Waals surface area contributed by atoms with Gasteiger partial charge in [-0.1, -0.05) is 38.1 Å². The molecular weight excluding hydrogens is 336 g/mol. The standard InChI is InChI=1S/C22H30N4O/c1-17(2)19-5-3-18(4-6-19)16-24-11-13-26(14-12-24)22(27)20-7-9-25-10-8-23-21(25)15-20/h3-6,8,10,17,20H,7,9,11-16H2,1-2H3. The molecule has 1 fully saturated rings. The Morgan fingerprint density at radius 1 is 1.11 bits per heavy atom. The lowest BCUT2D eigenvalue weighted by molar-refractivity contribution is -0.138. The maximum Gasteiger partial charge on any atom is 0.226 e. The Balaban J connectivity index is 1.28. The van der Waals surface area contributed by atoms with Crippen LogP contribution in [0.25, 0.3) is 0 Å². The van der Waals surface area contributed by atoms with E-state index in [0.717, 1.165) is 57.9 Å². The largest absolute Gasteiger partial charge is 0.340 e. The van der Waals surface area contributed by atoms with Gasteiger partial charge in [-0.15, -0.1) is 0 Å². The van der Waals surface area contributed by atoms with Crippen molar-refractivity contribution in [2.24, 2.45) is 5.92 Å². The topological polar surface area (TPSA) is 41.4 Å². The normalized spacial score (nSPS) is 20.7. The van der Waals surface area contributed by atoms with Gasteiger partial charge in [0.05, 0.1) is 0 Å². The van der Waals surface area contributed by atoms with Gasteiger partial charge in [-0.2, -0.15) is 0 Å². The number of piperazine rings is 1. The number of rotatable bonds is 4. The first-order chi connectivity index (χ1) is 13.1. The number of carbonyl (C=O) groups excluding carboxylic acids is 1. The Morgan fingerprint density at radius 3 is 2.56 bits per heavy atom. The van der Waals surface area contributed by atoms with E-state index < -0.39 is 0 Å². The van der Waals surface area contributed by atoms with Gasteiger partial charge in [-0.05, 0) is 23.5 Å². The summed E-state index contributed by atoms with van der Waals surface area (Å²) in [6, 6.07) is 8.98. The van der Waals surface area contributed by atoms with Crippen LogP contribution in [0.3, 0.4) is 0 Å². The van der Waals surface area contributed by atoms with Crippen molar-refractivity contribution in [3.63, 3.8) is 0 Å². The van der Waals surface area contributed by atoms with Crippen LogP contribution < -0.4 is 0 Å². The zero-order valence-corrected chi connectivity index (χ0v) is 16.5. The number of imidazole rings is 1. The van der Waals surface area contributed by atoms with E-state index in [1.807, 2.05) is 12.4 Å². The Labute approximate surface area is 162 Å². The van der Waals surface area contributed by atoms with E-state index >= 15 is 0 Å². The van der Waals surface area contributed by atoms with E-state index in [2.05, 4.69) is 57.5 Å². The van der Waals surface area contributed by atoms with Gasteiger partial charge in [0.2, 0.25) is 5.91 Å². The number of aryl methyl sites for hydroxylation is 1. The van der Waals surface area contributed by atoms with Crippen LogP contribution in [0, 0.1) is 5.92 Å². The summed E-state index contributed by atoms with van der Waals surface area (Å²) in [7, 11) is 0. The van der Waals surface area contributed by atoms with Crippen molar-refractivity contribution >= 4 is 5.91 Å². The van der Waals surface area contributed by atoms with Crippen molar-refractivity contribution in [2.45, 2.75) is 45.7 Å². The molecule has 0 spiro atoms. The van der Waals surface area contributed by atoms with E-state index in [-0.39, 0.29) is 5.92 Å². The van der Waals surface area contributed by atoms with Gasteiger partial charge in [0.1, 0.15) is 5.82 Å². The Hall–Kier alpha value is -2.14. The van der Waals surface area contributed by atoms with Crippen LogP contribution >= 0.6 is 0 Å². The number of nitrogens with zero attached hydrogens (tertiary/aromatic N) is 4. The number of hydrogen-bond donors (Lipinski definition) is 0. The summed E-state index contributed by atoms with van der Waals surface area (Å²) in [5, 5.41) is 0. The lowest BCUT2D eigenvalue weighted by atomic mass is 9.96. The smallest absolute Gasteiger partial charge is 0.226 e. The summed E-state index contributed by atoms with van der Waals surface area (Å²) in [5.74, 6) is 2.06. The highest BCUT2D eigenvalue weighted by atomic mass is 16.2. The van der Waals surface area contributed by atoms with Crippen molar-refractivity contribution < 1.29 is 4.79 Å². The molecule has 1 saturated heterocycles. The van der Waals surface area contributed by atoms with E-state index in [0.29, 0.717) is 11.8 Å². The molecule has 2 aliphatic rings. The second-order valence-electron chi connectivity index (χ2n) is 8.22. The Kier molecular flexibility index (Phi) is 5.30. The zero-order valence-electron chi connectivity index (χ0n) is 16.5. The maximum atomic E-state index is 12.9. The predicted octanol–water partition coefficient (Wildman–Crippen LogP) is 2.91. The second kappa shape index (κ2) is 7.85. The van der Waals surface area contributed by atoms with Gasteiger partial charge in [-0.25, -0.2) is 4.98 Å². The molecule has 5 nitrogen and oxygen atoms in total. The number of aromatic nitrogens is 2. The van der Waals surface area contributed by atoms with Crippen molar-refractivity contribution in [2.75, 3.05) is 26.2 Å². The second-order valence-corrected chi connectivity index (χ2v) is 8.22. The average Bonchev–Trinajstić information content (AvgIpc) is 3.16. The third-order valence-corrected chi connectivity index (χ3v) is 6.03. The molecule has 0 N–H and O–H groups in total. The molecule has 2 aromatic rings. The van der Waals surface area contributed by atoms with Gasteiger partial charge in [0.25, 0.3) is 0 Å². The average molecular weight is 367 g/mol. The minimum Gasteiger partial charge on any atom is -0.340 e. The maximum absolute atomic E-state index is 12.9. The first-order valence-electron chi connectivity index (χ1n) is 10.2. The Morgan fingerprint density at radius 2 is 1.85 bits per heavy atom. The summed E-state index contributed by atoms with van der Waals surface area (Å²) in [6.07, 6.45) is 5.58. The van der Waals surface area contributed by atoms with E-state index in [9.17, 15) is 4.79 Å². The zero-order chi connectivity index (χ0) is 18.8. The monoisotopic (exact) mass is 366 g/mol. The highest BCUT2D eigenvalue weighted by Crippen LogP contribution is 2.22. The lowest BCUT2D eigenvalue weighted by Crippen LogP contribution is -2.50. The first-order valence-corrected chi connectivity index (χ1v) is 10.2. The molecule has 0 aliphatic carbocycles. The van der Waals surface area contributed by atoms with Crippen LogP contribution in [0.5, 0.6) is 0 Å². The molecule has 1 unspecified atom stereocenters. The van der Waals surface area contributed by atoms with E-state index in [1.54, 1.807) is 0 Å². The van der Waals surface area contributed by atoms with Crippen LogP contribution in [0.2, 0.25) is 0 Å². The van der Waals surface area contributed by atoms with Gasteiger partial charge < -0.3 is 9.47 Å². The minimum atomic E-state index is 0.107. The molecule has 1 atom stereocenters. The number of fused-ring (bicyclic) bond motifs is 1. The number of carbonyl (C=O) groups is 1. The highest BCUT2D eigenvalue weighted by molar-refractivity contribution is 5.79. The summed E-state index contributed by atoms with van der Waals surface area (Å²) in [4.78, 5) is 21.8. The van der Waals surface area contributed by atoms with Gasteiger partial charge in [-0.3, -0.25) is 9.69 Å². The van der Waals surface area contributed by atoms with E-state index in [4.69, 9.17) is 0 Å². The molecule has 2 aliphatic heterocycles. The summed E-state index contributed by atoms with van der Waals surface area (Å²) in [6.45, 7) is 9.94. The van der Waals surface area contributed by atoms with Gasteiger partial charge in [0.15, 0.2) is 0 Å². The van der Waals surface area contributed by atoms with Crippen molar-refractivity contribution in [3.8, 4) is 0 Å². The van der Waals surface area contributed by atoms with Crippen molar-refractivity contribution in [1.29, 1.82) is 0 Å². The molecule has 0 saturated carbocycles. The van der Waals surface area contributed by atoms with Crippen LogP contribution in [0.4, 0.5) is 0 Å². The fourth-order valence-electron chi connectivity index (χ4n) is 4.21. The van der Waals surface area contributed by atoms with Crippen molar-refractivity contribution in [3.05, 3.63) is 53.6 Å². The molecule has 27 heavy (non-hydrogen) atoms. The number of benzene rings is 1. The van der Waals surface area contributed by atoms with Crippen LogP contribution in [-0.2, 0) is 24.3 Å². The van der Waals surface area contributed by atoms with Crippen LogP contribution in [-0.4, -0.2) is 51.4 Å². The summed E-state index contributed by atoms with van der Waals surface area (Å²) in [5.41, 5.74) is 2.75. The van der Waals surface area contributed by atoms with Crippen LogP contribution in [0.1, 0.15) is 43.1 Å². The molecule has 5 heteroatoms. The summed E-state index contributed by atoms with van der Waals surface area (Å²) < 4.78 is 2.17. The van der Waals surface area contributed by atoms with Gasteiger partial charge in [0, 0.05) is 64.0 Å². The molecule has 4 rings (SSSR count). The lowest BCUT2D eigenvalue weighted by Gasteiger charge is -2.37. The van der Waals surface area contributed by atoms with Crippen LogP contribution in [0.15, 0.2) is 36.7 Å². The minimum absolute atomic E-state index is 0.107. The molecule has 0 radical (unpaired) electrons. The molecule has 1 aromatic heterocycles. The Bertz CT molecular complexity index is 772. The number of hydrogen-bond acceptors (Lipinski definition) is 3. The highest BCUT2D eigenvalue weighted by Gasteiger charge is 2.30. The number of amides is 1. The first kappa shape index (κ1) is 18.2. The predicted molar refractivity (Wildman–Crippen MR) is 106 cm³/mol. The third-order valence-electron chi connectivity index (χ3n) is 6.03. The SMILES string of the molecule is CC(C)c1ccc(CN2CCN(C(=O)C3CCn4ccnc4C3)CC2)cc1. The molecule has 1 amide bonds. The summed E-state index contributed by atoms with van der Waals surface area (Å²) >= 11 is 0. The van der Waals surface area contributed by atoms with E-state index in [1.165, 1.54) is 11.1 Å². The molecular formula is C22H30N4O. The third kappa shape index (κ3) is 4.08. The fourth-order valence-corrected chi connectivity index (χ4v) is 4.21. The van der Waals surface area contributed by atoms with Gasteiger partial charge >= 0.3 is 0 Å². The molecule has 144 valence electrons. The fraction of sp³-hybridized carbons (Fsp3) is 0.545. The molecule has 3 heterocycles.